The minimum absolute atomic E-state index is 0.142. The molecule has 0 unspecified atom stereocenters. The minimum atomic E-state index is -0.805. The van der Waals surface area contributed by atoms with Crippen molar-refractivity contribution in [3.8, 4) is 5.75 Å². The van der Waals surface area contributed by atoms with E-state index in [-0.39, 0.29) is 12.1 Å². The van der Waals surface area contributed by atoms with E-state index in [2.05, 4.69) is 0 Å². The predicted molar refractivity (Wildman–Crippen MR) is 67.6 cm³/mol. The van der Waals surface area contributed by atoms with Crippen molar-refractivity contribution >= 4 is 17.6 Å². The third kappa shape index (κ3) is 5.09. The van der Waals surface area contributed by atoms with Gasteiger partial charge in [-0.1, -0.05) is 17.7 Å². The molecule has 1 aromatic carbocycles. The third-order valence-corrected chi connectivity index (χ3v) is 1.85. The largest absolute Gasteiger partial charge is 0.472 e. The van der Waals surface area contributed by atoms with Crippen molar-refractivity contribution in [3.63, 3.8) is 0 Å². The lowest BCUT2D eigenvalue weighted by Crippen LogP contribution is -2.20. The summed E-state index contributed by atoms with van der Waals surface area (Å²) in [5, 5.41) is -0.805. The number of esters is 1. The second-order valence-corrected chi connectivity index (χ2v) is 5.36. The van der Waals surface area contributed by atoms with E-state index in [1.807, 2.05) is 0 Å². The van der Waals surface area contributed by atoms with Crippen LogP contribution in [-0.2, 0) is 4.74 Å². The van der Waals surface area contributed by atoms with Crippen molar-refractivity contribution in [2.24, 2.45) is 0 Å². The molecule has 0 fully saturated rings. The number of benzene rings is 1. The highest BCUT2D eigenvalue weighted by atomic mass is 35.5. The molecule has 3 nitrogen and oxygen atoms in total. The van der Waals surface area contributed by atoms with E-state index in [4.69, 9.17) is 21.1 Å². The second kappa shape index (κ2) is 5.41. The quantitative estimate of drug-likeness (QED) is 0.610. The van der Waals surface area contributed by atoms with Crippen molar-refractivity contribution in [2.45, 2.75) is 38.9 Å². The molecule has 0 aliphatic heterocycles. The lowest BCUT2D eigenvalue weighted by molar-refractivity contribution is 0.0377. The summed E-state index contributed by atoms with van der Waals surface area (Å²) in [5.74, 6) is 0.182. The Hall–Kier alpha value is -1.22. The summed E-state index contributed by atoms with van der Waals surface area (Å²) < 4.78 is 10.5. The van der Waals surface area contributed by atoms with Crippen LogP contribution in [0.1, 0.15) is 38.1 Å². The van der Waals surface area contributed by atoms with Crippen LogP contribution in [0, 0.1) is 0 Å². The van der Waals surface area contributed by atoms with Crippen LogP contribution in [0.3, 0.4) is 0 Å². The van der Waals surface area contributed by atoms with Gasteiger partial charge in [0.05, 0.1) is 11.7 Å². The van der Waals surface area contributed by atoms with E-state index < -0.39 is 5.06 Å². The minimum Gasteiger partial charge on any atom is -0.472 e. The van der Waals surface area contributed by atoms with Gasteiger partial charge in [0.2, 0.25) is 0 Å². The molecule has 0 bridgehead atoms. The number of alkyl halides is 1. The molecule has 0 aliphatic carbocycles. The van der Waals surface area contributed by atoms with Crippen LogP contribution in [0.2, 0.25) is 0 Å². The lowest BCUT2D eigenvalue weighted by atomic mass is 10.2. The highest BCUT2D eigenvalue weighted by Gasteiger charge is 2.16. The molecule has 0 aromatic heterocycles. The van der Waals surface area contributed by atoms with Crippen molar-refractivity contribution in [1.82, 2.24) is 0 Å². The molecular weight excluding hydrogens is 240 g/mol. The standard InChI is InChI=1S/C13H17ClO3/c1-9(2)16-12(15)10-6-5-7-11(8-10)17-13(3,4)14/h5-9H,1-4H3. The van der Waals surface area contributed by atoms with Crippen molar-refractivity contribution in [2.75, 3.05) is 0 Å². The van der Waals surface area contributed by atoms with E-state index in [0.29, 0.717) is 11.3 Å². The van der Waals surface area contributed by atoms with E-state index in [0.717, 1.165) is 0 Å². The Bertz CT molecular complexity index is 394. The fourth-order valence-corrected chi connectivity index (χ4v) is 1.34. The molecule has 0 saturated carbocycles. The molecule has 0 atom stereocenters. The number of rotatable bonds is 4. The van der Waals surface area contributed by atoms with Crippen LogP contribution in [0.15, 0.2) is 24.3 Å². The van der Waals surface area contributed by atoms with Gasteiger partial charge in [0.25, 0.3) is 0 Å². The van der Waals surface area contributed by atoms with Crippen molar-refractivity contribution < 1.29 is 14.3 Å². The maximum absolute atomic E-state index is 11.7. The Morgan fingerprint density at radius 2 is 2.00 bits per heavy atom. The molecular formula is C13H17ClO3. The molecule has 94 valence electrons. The summed E-state index contributed by atoms with van der Waals surface area (Å²) in [4.78, 5) is 11.7. The number of ether oxygens (including phenoxy) is 2. The summed E-state index contributed by atoms with van der Waals surface area (Å²) in [6, 6.07) is 6.78. The number of hydrogen-bond donors (Lipinski definition) is 0. The summed E-state index contributed by atoms with van der Waals surface area (Å²) in [6.07, 6.45) is -0.142. The zero-order chi connectivity index (χ0) is 13.1. The third-order valence-electron chi connectivity index (χ3n) is 1.77. The number of hydrogen-bond acceptors (Lipinski definition) is 3. The molecule has 1 rings (SSSR count). The summed E-state index contributed by atoms with van der Waals surface area (Å²) in [7, 11) is 0. The smallest absolute Gasteiger partial charge is 0.338 e. The topological polar surface area (TPSA) is 35.5 Å². The van der Waals surface area contributed by atoms with Gasteiger partial charge in [-0.15, -0.1) is 0 Å². The van der Waals surface area contributed by atoms with E-state index in [1.165, 1.54) is 0 Å². The molecule has 0 saturated heterocycles. The summed E-state index contributed by atoms with van der Waals surface area (Å²) in [5.41, 5.74) is 0.456. The van der Waals surface area contributed by atoms with Crippen LogP contribution < -0.4 is 4.74 Å². The molecule has 0 spiro atoms. The van der Waals surface area contributed by atoms with Gasteiger partial charge in [0, 0.05) is 0 Å². The van der Waals surface area contributed by atoms with Crippen molar-refractivity contribution in [3.05, 3.63) is 29.8 Å². The van der Waals surface area contributed by atoms with Gasteiger partial charge in [-0.05, 0) is 45.9 Å². The molecule has 0 aliphatic rings. The Balaban J connectivity index is 2.82. The van der Waals surface area contributed by atoms with Gasteiger partial charge < -0.3 is 9.47 Å². The molecule has 1 aromatic rings. The Morgan fingerprint density at radius 1 is 1.35 bits per heavy atom. The Kier molecular flexibility index (Phi) is 4.40. The van der Waals surface area contributed by atoms with Crippen LogP contribution in [0.25, 0.3) is 0 Å². The lowest BCUT2D eigenvalue weighted by Gasteiger charge is -2.19. The molecule has 17 heavy (non-hydrogen) atoms. The van der Waals surface area contributed by atoms with Crippen LogP contribution >= 0.6 is 11.6 Å². The summed E-state index contributed by atoms with van der Waals surface area (Å²) >= 11 is 5.95. The maximum Gasteiger partial charge on any atom is 0.338 e. The predicted octanol–water partition coefficient (Wildman–Crippen LogP) is 3.61. The fourth-order valence-electron chi connectivity index (χ4n) is 1.25. The van der Waals surface area contributed by atoms with E-state index in [9.17, 15) is 4.79 Å². The first-order chi connectivity index (χ1) is 7.78. The molecule has 0 N–H and O–H groups in total. The van der Waals surface area contributed by atoms with Gasteiger partial charge in [0.15, 0.2) is 5.06 Å². The van der Waals surface area contributed by atoms with Crippen molar-refractivity contribution in [1.29, 1.82) is 0 Å². The van der Waals surface area contributed by atoms with Gasteiger partial charge in [-0.2, -0.15) is 0 Å². The molecule has 4 heteroatoms. The first-order valence-corrected chi connectivity index (χ1v) is 5.85. The van der Waals surface area contributed by atoms with Crippen LogP contribution in [0.5, 0.6) is 5.75 Å². The average Bonchev–Trinajstić information content (AvgIpc) is 2.14. The SMILES string of the molecule is CC(C)OC(=O)c1cccc(OC(C)(C)Cl)c1. The number of carbonyl (C=O) groups excluding carboxylic acids is 1. The van der Waals surface area contributed by atoms with E-state index in [1.54, 1.807) is 52.0 Å². The second-order valence-electron chi connectivity index (χ2n) is 4.45. The van der Waals surface area contributed by atoms with Gasteiger partial charge in [-0.25, -0.2) is 4.79 Å². The van der Waals surface area contributed by atoms with Gasteiger partial charge in [-0.3, -0.25) is 0 Å². The number of carbonyl (C=O) groups is 1. The van der Waals surface area contributed by atoms with Gasteiger partial charge >= 0.3 is 5.97 Å². The fraction of sp³-hybridized carbons (Fsp3) is 0.462. The van der Waals surface area contributed by atoms with Crippen LogP contribution in [0.4, 0.5) is 0 Å². The zero-order valence-electron chi connectivity index (χ0n) is 10.5. The maximum atomic E-state index is 11.7. The highest BCUT2D eigenvalue weighted by Crippen LogP contribution is 2.22. The van der Waals surface area contributed by atoms with E-state index >= 15 is 0 Å². The Labute approximate surface area is 107 Å². The average molecular weight is 257 g/mol. The monoisotopic (exact) mass is 256 g/mol. The number of halogens is 1. The molecule has 0 amide bonds. The van der Waals surface area contributed by atoms with Crippen LogP contribution in [-0.4, -0.2) is 17.1 Å². The molecule has 0 radical (unpaired) electrons. The first kappa shape index (κ1) is 13.8. The zero-order valence-corrected chi connectivity index (χ0v) is 11.2. The Morgan fingerprint density at radius 3 is 2.53 bits per heavy atom. The highest BCUT2D eigenvalue weighted by molar-refractivity contribution is 6.22. The van der Waals surface area contributed by atoms with Gasteiger partial charge in [0.1, 0.15) is 5.75 Å². The normalized spacial score (nSPS) is 11.4. The first-order valence-electron chi connectivity index (χ1n) is 5.47. The summed E-state index contributed by atoms with van der Waals surface area (Å²) in [6.45, 7) is 7.07. The molecule has 0 heterocycles.